The maximum atomic E-state index is 13.7. The number of halogens is 1. The van der Waals surface area contributed by atoms with Crippen molar-refractivity contribution >= 4 is 29.4 Å². The highest BCUT2D eigenvalue weighted by Gasteiger charge is 2.43. The van der Waals surface area contributed by atoms with Crippen molar-refractivity contribution < 1.29 is 33.6 Å². The number of hydrogen-bond acceptors (Lipinski definition) is 6. The lowest BCUT2D eigenvalue weighted by molar-refractivity contribution is -0.384. The number of nitro benzene ring substituents is 1. The summed E-state index contributed by atoms with van der Waals surface area (Å²) in [5.41, 5.74) is 0.657. The van der Waals surface area contributed by atoms with Crippen LogP contribution in [0.1, 0.15) is 33.9 Å². The van der Waals surface area contributed by atoms with E-state index in [1.807, 2.05) is 0 Å². The Balaban J connectivity index is 1.66. The summed E-state index contributed by atoms with van der Waals surface area (Å²) in [6.07, 6.45) is -2.10. The first kappa shape index (κ1) is 27.9. The molecule has 12 heteroatoms. The van der Waals surface area contributed by atoms with Gasteiger partial charge in [0.25, 0.3) is 17.5 Å². The van der Waals surface area contributed by atoms with Crippen LogP contribution in [0.25, 0.3) is 0 Å². The zero-order chi connectivity index (χ0) is 28.8. The average molecular weight is 549 g/mol. The van der Waals surface area contributed by atoms with Crippen LogP contribution in [0.4, 0.5) is 10.1 Å². The summed E-state index contributed by atoms with van der Waals surface area (Å²) < 4.78 is 13.5. The maximum Gasteiger partial charge on any atom is 0.305 e. The van der Waals surface area contributed by atoms with E-state index < -0.39 is 53.1 Å². The van der Waals surface area contributed by atoms with E-state index in [1.165, 1.54) is 35.2 Å². The molecule has 4 rings (SSSR count). The average Bonchev–Trinajstić information content (AvgIpc) is 3.39. The molecule has 3 amide bonds. The lowest BCUT2D eigenvalue weighted by Gasteiger charge is -2.31. The van der Waals surface area contributed by atoms with E-state index in [0.29, 0.717) is 5.56 Å². The van der Waals surface area contributed by atoms with E-state index in [2.05, 4.69) is 5.32 Å². The zero-order valence-electron chi connectivity index (χ0n) is 21.1. The van der Waals surface area contributed by atoms with Crippen LogP contribution >= 0.6 is 0 Å². The third-order valence-corrected chi connectivity index (χ3v) is 6.46. The highest BCUT2D eigenvalue weighted by Crippen LogP contribution is 2.25. The van der Waals surface area contributed by atoms with Crippen molar-refractivity contribution in [1.82, 2.24) is 15.1 Å². The van der Waals surface area contributed by atoms with Crippen LogP contribution in [-0.2, 0) is 20.8 Å². The minimum atomic E-state index is -1.44. The van der Waals surface area contributed by atoms with Gasteiger partial charge < -0.3 is 20.2 Å². The molecule has 0 radical (unpaired) electrons. The van der Waals surface area contributed by atoms with E-state index in [-0.39, 0.29) is 36.3 Å². The molecule has 0 aliphatic carbocycles. The summed E-state index contributed by atoms with van der Waals surface area (Å²) in [5, 5.41) is 23.3. The van der Waals surface area contributed by atoms with Crippen LogP contribution < -0.4 is 5.32 Å². The van der Waals surface area contributed by atoms with Gasteiger partial charge in [-0.1, -0.05) is 42.5 Å². The first-order valence-electron chi connectivity index (χ1n) is 12.3. The second kappa shape index (κ2) is 12.2. The molecule has 1 heterocycles. The summed E-state index contributed by atoms with van der Waals surface area (Å²) in [6, 6.07) is 17.5. The summed E-state index contributed by atoms with van der Waals surface area (Å²) in [4.78, 5) is 65.0. The Labute approximate surface area is 228 Å². The molecule has 3 aromatic rings. The number of nitro groups is 1. The highest BCUT2D eigenvalue weighted by atomic mass is 19.1. The van der Waals surface area contributed by atoms with E-state index in [0.717, 1.165) is 23.1 Å². The third kappa shape index (κ3) is 6.46. The van der Waals surface area contributed by atoms with Crippen molar-refractivity contribution in [2.45, 2.75) is 25.0 Å². The molecule has 0 spiro atoms. The number of carboxylic acid groups (broad SMARTS) is 1. The number of benzene rings is 3. The van der Waals surface area contributed by atoms with Gasteiger partial charge in [-0.25, -0.2) is 4.39 Å². The van der Waals surface area contributed by atoms with Gasteiger partial charge >= 0.3 is 5.97 Å². The van der Waals surface area contributed by atoms with Crippen molar-refractivity contribution in [2.75, 3.05) is 13.1 Å². The minimum absolute atomic E-state index is 0.00473. The molecule has 11 nitrogen and oxygen atoms in total. The number of carbonyl (C=O) groups is 4. The number of rotatable bonds is 9. The Kier molecular flexibility index (Phi) is 8.48. The van der Waals surface area contributed by atoms with Gasteiger partial charge in [0.05, 0.1) is 23.8 Å². The quantitative estimate of drug-likeness (QED) is 0.308. The molecule has 0 aromatic heterocycles. The van der Waals surface area contributed by atoms with Crippen LogP contribution in [0, 0.1) is 15.9 Å². The second-order valence-electron chi connectivity index (χ2n) is 9.14. The molecule has 0 bridgehead atoms. The fourth-order valence-electron chi connectivity index (χ4n) is 4.54. The van der Waals surface area contributed by atoms with Crippen LogP contribution in [0.3, 0.4) is 0 Å². The monoisotopic (exact) mass is 548 g/mol. The SMILES string of the molecule is O=C(O)CC(NC(=O)C1N(C(=O)Cc2ccccc2)CCN1C(=O)c1ccc(F)cc1)c1cccc([N+](=O)[O-])c1. The molecule has 2 unspecified atom stereocenters. The number of aliphatic carboxylic acids is 1. The molecule has 40 heavy (non-hydrogen) atoms. The molecule has 1 fully saturated rings. The van der Waals surface area contributed by atoms with Gasteiger partial charge in [-0.05, 0) is 35.4 Å². The van der Waals surface area contributed by atoms with E-state index in [4.69, 9.17) is 0 Å². The van der Waals surface area contributed by atoms with E-state index in [1.54, 1.807) is 30.3 Å². The molecular formula is C28H25FN4O7. The number of non-ortho nitro benzene ring substituents is 1. The Morgan fingerprint density at radius 2 is 1.65 bits per heavy atom. The Morgan fingerprint density at radius 1 is 0.975 bits per heavy atom. The third-order valence-electron chi connectivity index (χ3n) is 6.46. The van der Waals surface area contributed by atoms with Crippen LogP contribution in [-0.4, -0.2) is 62.8 Å². The molecule has 1 saturated heterocycles. The first-order valence-corrected chi connectivity index (χ1v) is 12.3. The Morgan fingerprint density at radius 3 is 2.30 bits per heavy atom. The van der Waals surface area contributed by atoms with Crippen molar-refractivity contribution in [1.29, 1.82) is 0 Å². The zero-order valence-corrected chi connectivity index (χ0v) is 21.1. The molecular weight excluding hydrogens is 523 g/mol. The number of nitrogens with one attached hydrogen (secondary N) is 1. The summed E-state index contributed by atoms with van der Waals surface area (Å²) in [5.74, 6) is -3.74. The molecule has 1 aliphatic rings. The fourth-order valence-corrected chi connectivity index (χ4v) is 4.54. The lowest BCUT2D eigenvalue weighted by atomic mass is 10.0. The van der Waals surface area contributed by atoms with E-state index >= 15 is 0 Å². The minimum Gasteiger partial charge on any atom is -0.481 e. The standard InChI is InChI=1S/C28H25FN4O7/c29-21-11-9-19(10-12-21)28(38)32-14-13-31(24(34)15-18-5-2-1-3-6-18)27(32)26(37)30-23(17-25(35)36)20-7-4-8-22(16-20)33(39)40/h1-12,16,23,27H,13-15,17H2,(H,30,37)(H,35,36). The topological polar surface area (TPSA) is 150 Å². The van der Waals surface area contributed by atoms with Crippen LogP contribution in [0.5, 0.6) is 0 Å². The molecule has 206 valence electrons. The van der Waals surface area contributed by atoms with Crippen LogP contribution in [0.2, 0.25) is 0 Å². The smallest absolute Gasteiger partial charge is 0.305 e. The number of carbonyl (C=O) groups excluding carboxylic acids is 3. The van der Waals surface area contributed by atoms with Gasteiger partial charge in [0.15, 0.2) is 6.17 Å². The van der Waals surface area contributed by atoms with Crippen molar-refractivity contribution in [3.8, 4) is 0 Å². The lowest BCUT2D eigenvalue weighted by Crippen LogP contribution is -2.54. The number of hydrogen-bond donors (Lipinski definition) is 2. The second-order valence-corrected chi connectivity index (χ2v) is 9.14. The number of carboxylic acids is 1. The van der Waals surface area contributed by atoms with Gasteiger partial charge in [-0.3, -0.25) is 29.3 Å². The molecule has 2 N–H and O–H groups in total. The van der Waals surface area contributed by atoms with Crippen molar-refractivity contribution in [3.63, 3.8) is 0 Å². The summed E-state index contributed by atoms with van der Waals surface area (Å²) >= 11 is 0. The molecule has 0 saturated carbocycles. The van der Waals surface area contributed by atoms with Gasteiger partial charge in [0.1, 0.15) is 5.82 Å². The van der Waals surface area contributed by atoms with Crippen molar-refractivity contribution in [3.05, 3.63) is 111 Å². The molecule has 3 aromatic carbocycles. The van der Waals surface area contributed by atoms with E-state index in [9.17, 15) is 38.8 Å². The number of amides is 3. The molecule has 1 aliphatic heterocycles. The summed E-state index contributed by atoms with van der Waals surface area (Å²) in [6.45, 7) is 0.0202. The first-order chi connectivity index (χ1) is 19.1. The molecule has 2 atom stereocenters. The Bertz CT molecular complexity index is 1430. The van der Waals surface area contributed by atoms with Crippen LogP contribution in [0.15, 0.2) is 78.9 Å². The largest absolute Gasteiger partial charge is 0.481 e. The van der Waals surface area contributed by atoms with Gasteiger partial charge in [-0.15, -0.1) is 0 Å². The van der Waals surface area contributed by atoms with Crippen molar-refractivity contribution in [2.24, 2.45) is 0 Å². The fraction of sp³-hybridized carbons (Fsp3) is 0.214. The highest BCUT2D eigenvalue weighted by molar-refractivity contribution is 5.99. The predicted molar refractivity (Wildman–Crippen MR) is 139 cm³/mol. The normalized spacial score (nSPS) is 15.4. The van der Waals surface area contributed by atoms with Gasteiger partial charge in [-0.2, -0.15) is 0 Å². The predicted octanol–water partition coefficient (Wildman–Crippen LogP) is 2.92. The Hall–Kier alpha value is -5.13. The van der Waals surface area contributed by atoms with Gasteiger partial charge in [0.2, 0.25) is 5.91 Å². The maximum absolute atomic E-state index is 13.7. The number of nitrogens with zero attached hydrogens (tertiary/aromatic N) is 3. The summed E-state index contributed by atoms with van der Waals surface area (Å²) in [7, 11) is 0. The van der Waals surface area contributed by atoms with Gasteiger partial charge in [0, 0.05) is 30.8 Å².